The number of anilines is 1. The number of amides is 1. The zero-order chi connectivity index (χ0) is 14.7. The molecule has 0 aromatic heterocycles. The van der Waals surface area contributed by atoms with Gasteiger partial charge in [-0.05, 0) is 29.8 Å². The second kappa shape index (κ2) is 5.84. The third-order valence-corrected chi connectivity index (χ3v) is 3.23. The van der Waals surface area contributed by atoms with Crippen molar-refractivity contribution in [1.29, 1.82) is 0 Å². The summed E-state index contributed by atoms with van der Waals surface area (Å²) < 4.78 is 0. The van der Waals surface area contributed by atoms with E-state index in [0.29, 0.717) is 11.6 Å². The summed E-state index contributed by atoms with van der Waals surface area (Å²) in [5.74, 6) is -0.467. The number of phenolic OH excluding ortho intramolecular Hbond substituents is 1. The van der Waals surface area contributed by atoms with E-state index in [2.05, 4.69) is 0 Å². The van der Waals surface area contributed by atoms with Crippen LogP contribution >= 0.6 is 11.6 Å². The van der Waals surface area contributed by atoms with Gasteiger partial charge in [0.05, 0.1) is 11.3 Å². The Hall–Kier alpha value is -2.20. The molecule has 20 heavy (non-hydrogen) atoms. The van der Waals surface area contributed by atoms with Crippen molar-refractivity contribution >= 4 is 23.2 Å². The van der Waals surface area contributed by atoms with Crippen LogP contribution in [-0.2, 0) is 6.54 Å². The van der Waals surface area contributed by atoms with Gasteiger partial charge >= 0.3 is 0 Å². The predicted octanol–water partition coefficient (Wildman–Crippen LogP) is 2.90. The number of aromatic hydroxyl groups is 1. The minimum absolute atomic E-state index is 0.180. The molecule has 3 N–H and O–H groups in total. The molecule has 1 amide bonds. The summed E-state index contributed by atoms with van der Waals surface area (Å²) in [4.78, 5) is 13.8. The van der Waals surface area contributed by atoms with Gasteiger partial charge in [0.2, 0.25) is 0 Å². The molecule has 5 heteroatoms. The molecule has 0 bridgehead atoms. The average molecular weight is 291 g/mol. The van der Waals surface area contributed by atoms with E-state index in [1.165, 1.54) is 4.90 Å². The van der Waals surface area contributed by atoms with E-state index in [1.807, 2.05) is 12.1 Å². The number of halogens is 1. The van der Waals surface area contributed by atoms with Crippen LogP contribution in [0, 0.1) is 0 Å². The third kappa shape index (κ3) is 3.03. The molecule has 4 nitrogen and oxygen atoms in total. The Morgan fingerprint density at radius 1 is 1.25 bits per heavy atom. The van der Waals surface area contributed by atoms with Crippen molar-refractivity contribution in [2.75, 3.05) is 12.8 Å². The lowest BCUT2D eigenvalue weighted by Crippen LogP contribution is -2.26. The number of para-hydroxylation sites is 1. The molecule has 0 saturated carbocycles. The Morgan fingerprint density at radius 3 is 2.55 bits per heavy atom. The number of hydrogen-bond acceptors (Lipinski definition) is 3. The average Bonchev–Trinajstić information content (AvgIpc) is 2.43. The van der Waals surface area contributed by atoms with Crippen LogP contribution in [0.15, 0.2) is 42.5 Å². The molecule has 0 radical (unpaired) electrons. The van der Waals surface area contributed by atoms with Crippen LogP contribution in [0.25, 0.3) is 0 Å². The molecule has 0 aliphatic carbocycles. The van der Waals surface area contributed by atoms with Crippen LogP contribution in [0.3, 0.4) is 0 Å². The van der Waals surface area contributed by atoms with Crippen LogP contribution < -0.4 is 5.73 Å². The highest BCUT2D eigenvalue weighted by Crippen LogP contribution is 2.25. The molecule has 0 spiro atoms. The first-order valence-corrected chi connectivity index (χ1v) is 6.44. The van der Waals surface area contributed by atoms with Crippen molar-refractivity contribution in [3.63, 3.8) is 0 Å². The Morgan fingerprint density at radius 2 is 1.90 bits per heavy atom. The maximum atomic E-state index is 12.3. The van der Waals surface area contributed by atoms with E-state index >= 15 is 0 Å². The lowest BCUT2D eigenvalue weighted by atomic mass is 10.1. The van der Waals surface area contributed by atoms with Gasteiger partial charge in [-0.25, -0.2) is 0 Å². The summed E-state index contributed by atoms with van der Waals surface area (Å²) >= 11 is 5.82. The quantitative estimate of drug-likeness (QED) is 0.675. The number of carbonyl (C=O) groups is 1. The van der Waals surface area contributed by atoms with Crippen molar-refractivity contribution in [1.82, 2.24) is 4.90 Å². The standard InChI is InChI=1S/C15H15ClN2O2/c1-18(9-10-5-7-11(16)8-6-10)15(20)12-3-2-4-13(17)14(12)19/h2-8,19H,9,17H2,1H3. The number of nitrogens with zero attached hydrogens (tertiary/aromatic N) is 1. The second-order valence-electron chi connectivity index (χ2n) is 4.53. The largest absolute Gasteiger partial charge is 0.505 e. The summed E-state index contributed by atoms with van der Waals surface area (Å²) in [6.07, 6.45) is 0. The molecule has 0 unspecified atom stereocenters. The fraction of sp³-hybridized carbons (Fsp3) is 0.133. The van der Waals surface area contributed by atoms with E-state index in [0.717, 1.165) is 5.56 Å². The van der Waals surface area contributed by atoms with Gasteiger partial charge in [0.15, 0.2) is 5.75 Å². The zero-order valence-electron chi connectivity index (χ0n) is 11.0. The van der Waals surface area contributed by atoms with Gasteiger partial charge in [-0.3, -0.25) is 4.79 Å². The van der Waals surface area contributed by atoms with E-state index in [-0.39, 0.29) is 22.9 Å². The van der Waals surface area contributed by atoms with E-state index in [1.54, 1.807) is 37.4 Å². The molecule has 0 atom stereocenters. The van der Waals surface area contributed by atoms with Crippen molar-refractivity contribution in [3.05, 3.63) is 58.6 Å². The Labute approximate surface area is 122 Å². The van der Waals surface area contributed by atoms with Crippen LogP contribution in [-0.4, -0.2) is 23.0 Å². The fourth-order valence-electron chi connectivity index (χ4n) is 1.88. The molecule has 2 aromatic carbocycles. The SMILES string of the molecule is CN(Cc1ccc(Cl)cc1)C(=O)c1cccc(N)c1O. The Balaban J connectivity index is 2.16. The van der Waals surface area contributed by atoms with Crippen LogP contribution in [0.2, 0.25) is 5.02 Å². The molecule has 2 aromatic rings. The van der Waals surface area contributed by atoms with Crippen molar-refractivity contribution in [2.45, 2.75) is 6.54 Å². The summed E-state index contributed by atoms with van der Waals surface area (Å²) in [7, 11) is 1.67. The van der Waals surface area contributed by atoms with Crippen molar-refractivity contribution < 1.29 is 9.90 Å². The van der Waals surface area contributed by atoms with Gasteiger partial charge in [0, 0.05) is 18.6 Å². The van der Waals surface area contributed by atoms with E-state index in [4.69, 9.17) is 17.3 Å². The van der Waals surface area contributed by atoms with Crippen LogP contribution in [0.5, 0.6) is 5.75 Å². The number of benzene rings is 2. The number of nitrogens with two attached hydrogens (primary N) is 1. The van der Waals surface area contributed by atoms with Crippen molar-refractivity contribution in [3.8, 4) is 5.75 Å². The van der Waals surface area contributed by atoms with E-state index < -0.39 is 0 Å². The molecule has 104 valence electrons. The van der Waals surface area contributed by atoms with Crippen LogP contribution in [0.1, 0.15) is 15.9 Å². The molecule has 0 saturated heterocycles. The van der Waals surface area contributed by atoms with Crippen LogP contribution in [0.4, 0.5) is 5.69 Å². The van der Waals surface area contributed by atoms with E-state index in [9.17, 15) is 9.90 Å². The smallest absolute Gasteiger partial charge is 0.257 e. The predicted molar refractivity (Wildman–Crippen MR) is 79.8 cm³/mol. The monoisotopic (exact) mass is 290 g/mol. The topological polar surface area (TPSA) is 66.6 Å². The lowest BCUT2D eigenvalue weighted by molar-refractivity contribution is 0.0782. The fourth-order valence-corrected chi connectivity index (χ4v) is 2.00. The van der Waals surface area contributed by atoms with Gasteiger partial charge in [0.1, 0.15) is 0 Å². The highest BCUT2D eigenvalue weighted by molar-refractivity contribution is 6.30. The van der Waals surface area contributed by atoms with Crippen molar-refractivity contribution in [2.24, 2.45) is 0 Å². The lowest BCUT2D eigenvalue weighted by Gasteiger charge is -2.18. The Bertz CT molecular complexity index is 626. The first-order chi connectivity index (χ1) is 9.49. The summed E-state index contributed by atoms with van der Waals surface area (Å²) in [5.41, 5.74) is 6.93. The third-order valence-electron chi connectivity index (χ3n) is 2.98. The molecular weight excluding hydrogens is 276 g/mol. The van der Waals surface area contributed by atoms with Gasteiger partial charge in [0.25, 0.3) is 5.91 Å². The second-order valence-corrected chi connectivity index (χ2v) is 4.97. The summed E-state index contributed by atoms with van der Waals surface area (Å²) in [6, 6.07) is 12.0. The minimum atomic E-state index is -0.287. The van der Waals surface area contributed by atoms with Gasteiger partial charge in [-0.1, -0.05) is 29.8 Å². The first-order valence-electron chi connectivity index (χ1n) is 6.06. The number of phenols is 1. The van der Waals surface area contributed by atoms with Gasteiger partial charge in [-0.15, -0.1) is 0 Å². The normalized spacial score (nSPS) is 10.3. The maximum Gasteiger partial charge on any atom is 0.257 e. The minimum Gasteiger partial charge on any atom is -0.505 e. The van der Waals surface area contributed by atoms with Gasteiger partial charge < -0.3 is 15.7 Å². The molecule has 0 fully saturated rings. The number of rotatable bonds is 3. The molecule has 2 rings (SSSR count). The molecule has 0 heterocycles. The highest BCUT2D eigenvalue weighted by Gasteiger charge is 2.17. The first kappa shape index (κ1) is 14.2. The summed E-state index contributed by atoms with van der Waals surface area (Å²) in [6.45, 7) is 0.421. The molecular formula is C15H15ClN2O2. The zero-order valence-corrected chi connectivity index (χ0v) is 11.8. The number of carbonyl (C=O) groups excluding carboxylic acids is 1. The van der Waals surface area contributed by atoms with Gasteiger partial charge in [-0.2, -0.15) is 0 Å². The maximum absolute atomic E-state index is 12.3. The highest BCUT2D eigenvalue weighted by atomic mass is 35.5. The Kier molecular flexibility index (Phi) is 4.15. The molecule has 0 aliphatic rings. The summed E-state index contributed by atoms with van der Waals surface area (Å²) in [5, 5.41) is 10.5. The molecule has 0 aliphatic heterocycles. The number of hydrogen-bond donors (Lipinski definition) is 2. The number of nitrogen functional groups attached to an aromatic ring is 1.